The lowest BCUT2D eigenvalue weighted by molar-refractivity contribution is -0.133. The van der Waals surface area contributed by atoms with Gasteiger partial charge in [-0.3, -0.25) is 14.8 Å². The first-order valence-corrected chi connectivity index (χ1v) is 11.5. The number of fused-ring (bicyclic) bond motifs is 1. The predicted octanol–water partition coefficient (Wildman–Crippen LogP) is 0.731. The van der Waals surface area contributed by atoms with E-state index in [1.165, 1.54) is 0 Å². The van der Waals surface area contributed by atoms with Gasteiger partial charge in [0.2, 0.25) is 0 Å². The second-order valence-corrected chi connectivity index (χ2v) is 9.68. The minimum Gasteiger partial charge on any atom is -0.378 e. The quantitative estimate of drug-likeness (QED) is 0.458. The fraction of sp³-hybridized carbons (Fsp3) is 0.333. The van der Waals surface area contributed by atoms with Gasteiger partial charge in [0, 0.05) is 18.7 Å². The highest BCUT2D eigenvalue weighted by atomic mass is 32.2. The molecule has 3 N–H and O–H groups in total. The van der Waals surface area contributed by atoms with Crippen molar-refractivity contribution in [1.82, 2.24) is 10.8 Å². The maximum atomic E-state index is 12.6. The summed E-state index contributed by atoms with van der Waals surface area (Å²) in [7, 11) is -3.26. The topological polar surface area (TPSA) is 125 Å². The van der Waals surface area contributed by atoms with Gasteiger partial charge in [0.1, 0.15) is 0 Å². The molecular weight excluding hydrogens is 422 g/mol. The van der Waals surface area contributed by atoms with Gasteiger partial charge in [-0.2, -0.15) is 0 Å². The Labute approximate surface area is 179 Å². The van der Waals surface area contributed by atoms with Gasteiger partial charge < -0.3 is 15.0 Å². The normalized spacial score (nSPS) is 21.9. The van der Waals surface area contributed by atoms with Crippen molar-refractivity contribution in [2.24, 2.45) is 5.92 Å². The van der Waals surface area contributed by atoms with Gasteiger partial charge >= 0.3 is 0 Å². The molecule has 164 valence electrons. The molecule has 0 spiro atoms. The summed E-state index contributed by atoms with van der Waals surface area (Å²) in [4.78, 5) is 26.6. The summed E-state index contributed by atoms with van der Waals surface area (Å²) >= 11 is 0. The summed E-state index contributed by atoms with van der Waals surface area (Å²) < 4.78 is 29.8. The number of ether oxygens (including phenoxy) is 1. The molecule has 2 aliphatic heterocycles. The Morgan fingerprint density at radius 3 is 2.58 bits per heavy atom. The number of nitrogens with zero attached hydrogens (tertiary/aromatic N) is 1. The molecule has 0 aromatic heterocycles. The van der Waals surface area contributed by atoms with Gasteiger partial charge in [-0.05, 0) is 29.8 Å². The van der Waals surface area contributed by atoms with Crippen molar-refractivity contribution in [3.63, 3.8) is 0 Å². The van der Waals surface area contributed by atoms with E-state index in [2.05, 4.69) is 5.32 Å². The molecular formula is C21H23N3O6S. The lowest BCUT2D eigenvalue weighted by atomic mass is 10.0. The van der Waals surface area contributed by atoms with E-state index in [0.29, 0.717) is 29.2 Å². The molecule has 10 heteroatoms. The van der Waals surface area contributed by atoms with Crippen molar-refractivity contribution in [3.05, 3.63) is 59.7 Å². The third-order valence-corrected chi connectivity index (χ3v) is 7.34. The number of carbonyl (C=O) groups is 2. The predicted molar refractivity (Wildman–Crippen MR) is 111 cm³/mol. The minimum atomic E-state index is -3.26. The van der Waals surface area contributed by atoms with Crippen molar-refractivity contribution in [1.29, 1.82) is 0 Å². The molecule has 2 atom stereocenters. The van der Waals surface area contributed by atoms with Crippen LogP contribution in [0.2, 0.25) is 0 Å². The van der Waals surface area contributed by atoms with Gasteiger partial charge in [0.15, 0.2) is 9.84 Å². The zero-order valence-electron chi connectivity index (χ0n) is 16.7. The van der Waals surface area contributed by atoms with Gasteiger partial charge in [-0.1, -0.05) is 24.3 Å². The molecule has 2 aromatic carbocycles. The number of carbonyl (C=O) groups excluding carboxylic acids is 2. The summed E-state index contributed by atoms with van der Waals surface area (Å²) in [5.41, 5.74) is 3.65. The number of hydroxylamine groups is 1. The lowest BCUT2D eigenvalue weighted by Gasteiger charge is -2.31. The molecule has 2 aliphatic rings. The van der Waals surface area contributed by atoms with E-state index < -0.39 is 27.7 Å². The van der Waals surface area contributed by atoms with Gasteiger partial charge in [0.05, 0.1) is 41.5 Å². The third kappa shape index (κ3) is 4.41. The van der Waals surface area contributed by atoms with Gasteiger partial charge in [-0.25, -0.2) is 13.9 Å². The van der Waals surface area contributed by atoms with Gasteiger partial charge in [0.25, 0.3) is 11.8 Å². The van der Waals surface area contributed by atoms with E-state index in [0.717, 1.165) is 5.56 Å². The first-order valence-electron chi connectivity index (χ1n) is 9.87. The molecule has 0 aliphatic carbocycles. The van der Waals surface area contributed by atoms with Crippen LogP contribution in [0.5, 0.6) is 0 Å². The highest BCUT2D eigenvalue weighted by Crippen LogP contribution is 2.31. The smallest absolute Gasteiger partial charge is 0.251 e. The highest BCUT2D eigenvalue weighted by molar-refractivity contribution is 7.91. The Morgan fingerprint density at radius 1 is 1.10 bits per heavy atom. The average Bonchev–Trinajstić information content (AvgIpc) is 3.24. The van der Waals surface area contributed by atoms with Crippen LogP contribution in [-0.4, -0.2) is 57.0 Å². The van der Waals surface area contributed by atoms with Crippen molar-refractivity contribution in [2.75, 3.05) is 30.4 Å². The molecule has 2 amide bonds. The zero-order chi connectivity index (χ0) is 22.0. The molecule has 2 heterocycles. The monoisotopic (exact) mass is 445 g/mol. The van der Waals surface area contributed by atoms with Gasteiger partial charge in [-0.15, -0.1) is 0 Å². The summed E-state index contributed by atoms with van der Waals surface area (Å²) in [5.74, 6) is -1.52. The molecule has 1 saturated heterocycles. The Hall–Kier alpha value is -2.95. The van der Waals surface area contributed by atoms with E-state index in [1.807, 2.05) is 23.1 Å². The zero-order valence-corrected chi connectivity index (χ0v) is 17.5. The molecule has 0 unspecified atom stereocenters. The Kier molecular flexibility index (Phi) is 5.94. The van der Waals surface area contributed by atoms with E-state index in [9.17, 15) is 18.0 Å². The number of amides is 2. The first kappa shape index (κ1) is 21.3. The molecule has 2 aromatic rings. The summed E-state index contributed by atoms with van der Waals surface area (Å²) in [5, 5.41) is 11.6. The van der Waals surface area contributed by atoms with Crippen LogP contribution >= 0.6 is 0 Å². The van der Waals surface area contributed by atoms with Crippen LogP contribution in [0.1, 0.15) is 15.9 Å². The number of nitrogens with one attached hydrogen (secondary N) is 2. The number of hydrogen-bond acceptors (Lipinski definition) is 7. The van der Waals surface area contributed by atoms with Crippen molar-refractivity contribution in [3.8, 4) is 0 Å². The standard InChI is InChI=1S/C21H23N3O6S/c25-20(22-17-13-30-12-16(17)21(26)23-27)15-7-5-14(6-8-15)11-24-9-10-31(28,29)19-4-2-1-3-18(19)24/h1-8,16-17,27H,9-13H2,(H,22,25)(H,23,26)/t16-,17+/m0/s1. The van der Waals surface area contributed by atoms with E-state index in [4.69, 9.17) is 9.94 Å². The van der Waals surface area contributed by atoms with E-state index in [1.54, 1.807) is 35.8 Å². The molecule has 9 nitrogen and oxygen atoms in total. The summed E-state index contributed by atoms with van der Waals surface area (Å²) in [6.45, 7) is 1.24. The van der Waals surface area contributed by atoms with Crippen LogP contribution in [0.3, 0.4) is 0 Å². The van der Waals surface area contributed by atoms with Crippen LogP contribution in [0.25, 0.3) is 0 Å². The molecule has 4 rings (SSSR count). The number of benzene rings is 2. The fourth-order valence-electron chi connectivity index (χ4n) is 3.88. The SMILES string of the molecule is O=C(N[C@@H]1COC[C@@H]1C(=O)NO)c1ccc(CN2CCS(=O)(=O)c3ccccc32)cc1. The summed E-state index contributed by atoms with van der Waals surface area (Å²) in [6.07, 6.45) is 0. The van der Waals surface area contributed by atoms with Crippen molar-refractivity contribution < 1.29 is 28.0 Å². The maximum absolute atomic E-state index is 12.6. The third-order valence-electron chi connectivity index (χ3n) is 5.60. The first-order chi connectivity index (χ1) is 14.9. The van der Waals surface area contributed by atoms with Crippen LogP contribution in [0, 0.1) is 5.92 Å². The number of rotatable bonds is 5. The van der Waals surface area contributed by atoms with Crippen LogP contribution in [0.4, 0.5) is 5.69 Å². The molecule has 1 fully saturated rings. The molecule has 0 radical (unpaired) electrons. The van der Waals surface area contributed by atoms with Crippen LogP contribution in [-0.2, 0) is 25.9 Å². The number of para-hydroxylation sites is 1. The largest absolute Gasteiger partial charge is 0.378 e. The Morgan fingerprint density at radius 2 is 1.84 bits per heavy atom. The Bertz CT molecular complexity index is 1090. The summed E-state index contributed by atoms with van der Waals surface area (Å²) in [6, 6.07) is 13.5. The molecule has 0 saturated carbocycles. The molecule has 31 heavy (non-hydrogen) atoms. The van der Waals surface area contributed by atoms with Crippen LogP contribution < -0.4 is 15.7 Å². The average molecular weight is 445 g/mol. The highest BCUT2D eigenvalue weighted by Gasteiger charge is 2.35. The Balaban J connectivity index is 1.43. The van der Waals surface area contributed by atoms with Crippen LogP contribution in [0.15, 0.2) is 53.4 Å². The minimum absolute atomic E-state index is 0.0660. The second-order valence-electron chi connectivity index (χ2n) is 7.61. The fourth-order valence-corrected chi connectivity index (χ4v) is 5.36. The maximum Gasteiger partial charge on any atom is 0.251 e. The number of sulfone groups is 1. The van der Waals surface area contributed by atoms with Crippen molar-refractivity contribution in [2.45, 2.75) is 17.5 Å². The number of hydrogen-bond donors (Lipinski definition) is 3. The van der Waals surface area contributed by atoms with Crippen molar-refractivity contribution >= 4 is 27.3 Å². The molecule has 0 bridgehead atoms. The second kappa shape index (κ2) is 8.66. The number of anilines is 1. The van der Waals surface area contributed by atoms with E-state index >= 15 is 0 Å². The van der Waals surface area contributed by atoms with E-state index in [-0.39, 0.29) is 24.9 Å². The lowest BCUT2D eigenvalue weighted by Crippen LogP contribution is -2.45.